The zero-order chi connectivity index (χ0) is 14.5. The van der Waals surface area contributed by atoms with Crippen LogP contribution in [0.1, 0.15) is 12.0 Å². The number of halogens is 3. The molecule has 0 radical (unpaired) electrons. The molecule has 1 amide bonds. The zero-order valence-corrected chi connectivity index (χ0v) is 10.3. The van der Waals surface area contributed by atoms with Gasteiger partial charge < -0.3 is 15.8 Å². The standard InChI is InChI=1S/C12H15F3N2O2/c1-19-10(7-16)6-11(18)17-9-4-2-8(3-5-9)12(13,14)15/h2-5,10H,6-7,16H2,1H3,(H,17,18). The molecule has 1 aromatic rings. The number of nitrogens with one attached hydrogen (secondary N) is 1. The van der Waals surface area contributed by atoms with Crippen molar-refractivity contribution in [2.75, 3.05) is 19.0 Å². The molecule has 0 aliphatic rings. The topological polar surface area (TPSA) is 64.3 Å². The average Bonchev–Trinajstić information content (AvgIpc) is 2.35. The molecule has 106 valence electrons. The number of hydrogen-bond acceptors (Lipinski definition) is 3. The second-order valence-corrected chi connectivity index (χ2v) is 3.92. The molecule has 0 aliphatic heterocycles. The molecular weight excluding hydrogens is 261 g/mol. The van der Waals surface area contributed by atoms with Crippen molar-refractivity contribution < 1.29 is 22.7 Å². The molecule has 1 unspecified atom stereocenters. The first kappa shape index (κ1) is 15.5. The minimum Gasteiger partial charge on any atom is -0.380 e. The van der Waals surface area contributed by atoms with Gasteiger partial charge in [0, 0.05) is 19.3 Å². The van der Waals surface area contributed by atoms with Gasteiger partial charge in [-0.15, -0.1) is 0 Å². The summed E-state index contributed by atoms with van der Waals surface area (Å²) in [5.74, 6) is -0.364. The number of rotatable bonds is 5. The van der Waals surface area contributed by atoms with Crippen LogP contribution in [0.4, 0.5) is 18.9 Å². The van der Waals surface area contributed by atoms with E-state index in [2.05, 4.69) is 5.32 Å². The number of benzene rings is 1. The summed E-state index contributed by atoms with van der Waals surface area (Å²) in [4.78, 5) is 11.6. The Morgan fingerprint density at radius 2 is 1.95 bits per heavy atom. The van der Waals surface area contributed by atoms with Crippen LogP contribution in [0.15, 0.2) is 24.3 Å². The van der Waals surface area contributed by atoms with Crippen LogP contribution < -0.4 is 11.1 Å². The molecule has 0 heterocycles. The summed E-state index contributed by atoms with van der Waals surface area (Å²) in [5.41, 5.74) is 4.90. The maximum atomic E-state index is 12.3. The van der Waals surface area contributed by atoms with Crippen LogP contribution in [-0.4, -0.2) is 25.7 Å². The Morgan fingerprint density at radius 1 is 1.37 bits per heavy atom. The summed E-state index contributed by atoms with van der Waals surface area (Å²) < 4.78 is 41.9. The second kappa shape index (κ2) is 6.53. The molecule has 0 saturated heterocycles. The third-order valence-electron chi connectivity index (χ3n) is 2.51. The van der Waals surface area contributed by atoms with Gasteiger partial charge in [0.2, 0.25) is 5.91 Å². The summed E-state index contributed by atoms with van der Waals surface area (Å²) in [6.07, 6.45) is -4.74. The van der Waals surface area contributed by atoms with Gasteiger partial charge in [-0.1, -0.05) is 0 Å². The largest absolute Gasteiger partial charge is 0.416 e. The molecule has 4 nitrogen and oxygen atoms in total. The van der Waals surface area contributed by atoms with E-state index in [4.69, 9.17) is 10.5 Å². The minimum absolute atomic E-state index is 0.0496. The van der Waals surface area contributed by atoms with Gasteiger partial charge >= 0.3 is 6.18 Å². The Morgan fingerprint density at radius 3 is 2.37 bits per heavy atom. The number of hydrogen-bond donors (Lipinski definition) is 2. The summed E-state index contributed by atoms with van der Waals surface area (Å²) >= 11 is 0. The van der Waals surface area contributed by atoms with E-state index in [-0.39, 0.29) is 18.9 Å². The van der Waals surface area contributed by atoms with Crippen molar-refractivity contribution in [2.24, 2.45) is 5.73 Å². The highest BCUT2D eigenvalue weighted by Crippen LogP contribution is 2.29. The number of methoxy groups -OCH3 is 1. The molecule has 1 aromatic carbocycles. The second-order valence-electron chi connectivity index (χ2n) is 3.92. The predicted molar refractivity (Wildman–Crippen MR) is 64.5 cm³/mol. The van der Waals surface area contributed by atoms with E-state index in [1.807, 2.05) is 0 Å². The Kier molecular flexibility index (Phi) is 5.31. The van der Waals surface area contributed by atoms with Crippen LogP contribution in [0.2, 0.25) is 0 Å². The van der Waals surface area contributed by atoms with Crippen molar-refractivity contribution in [3.05, 3.63) is 29.8 Å². The number of carbonyl (C=O) groups is 1. The smallest absolute Gasteiger partial charge is 0.380 e. The van der Waals surface area contributed by atoms with E-state index < -0.39 is 17.8 Å². The van der Waals surface area contributed by atoms with Crippen molar-refractivity contribution in [1.82, 2.24) is 0 Å². The summed E-state index contributed by atoms with van der Waals surface area (Å²) in [5, 5.41) is 2.48. The SMILES string of the molecule is COC(CN)CC(=O)Nc1ccc(C(F)(F)F)cc1. The Labute approximate surface area is 108 Å². The van der Waals surface area contributed by atoms with Crippen LogP contribution in [-0.2, 0) is 15.7 Å². The van der Waals surface area contributed by atoms with Crippen LogP contribution in [0.5, 0.6) is 0 Å². The highest BCUT2D eigenvalue weighted by atomic mass is 19.4. The first-order valence-electron chi connectivity index (χ1n) is 5.56. The van der Waals surface area contributed by atoms with Crippen molar-refractivity contribution in [3.8, 4) is 0 Å². The van der Waals surface area contributed by atoms with Crippen LogP contribution in [0, 0.1) is 0 Å². The number of anilines is 1. The number of nitrogens with two attached hydrogens (primary N) is 1. The van der Waals surface area contributed by atoms with Crippen molar-refractivity contribution in [2.45, 2.75) is 18.7 Å². The minimum atomic E-state index is -4.39. The monoisotopic (exact) mass is 276 g/mol. The number of alkyl halides is 3. The van der Waals surface area contributed by atoms with Gasteiger partial charge in [0.1, 0.15) is 0 Å². The number of carbonyl (C=O) groups excluding carboxylic acids is 1. The molecule has 0 fully saturated rings. The Balaban J connectivity index is 2.61. The normalized spacial score (nSPS) is 13.1. The molecule has 19 heavy (non-hydrogen) atoms. The summed E-state index contributed by atoms with van der Waals surface area (Å²) in [6.45, 7) is 0.191. The fourth-order valence-electron chi connectivity index (χ4n) is 1.42. The lowest BCUT2D eigenvalue weighted by Gasteiger charge is -2.13. The molecule has 1 rings (SSSR count). The van der Waals surface area contributed by atoms with E-state index in [9.17, 15) is 18.0 Å². The molecule has 7 heteroatoms. The maximum Gasteiger partial charge on any atom is 0.416 e. The number of ether oxygens (including phenoxy) is 1. The van der Waals surface area contributed by atoms with Gasteiger partial charge in [0.15, 0.2) is 0 Å². The lowest BCUT2D eigenvalue weighted by Crippen LogP contribution is -2.28. The van der Waals surface area contributed by atoms with E-state index >= 15 is 0 Å². The molecule has 0 spiro atoms. The van der Waals surface area contributed by atoms with Gasteiger partial charge in [0.25, 0.3) is 0 Å². The quantitative estimate of drug-likeness (QED) is 0.864. The highest BCUT2D eigenvalue weighted by molar-refractivity contribution is 5.91. The first-order chi connectivity index (χ1) is 8.86. The predicted octanol–water partition coefficient (Wildman–Crippen LogP) is 2.01. The van der Waals surface area contributed by atoms with E-state index in [1.165, 1.54) is 19.2 Å². The van der Waals surface area contributed by atoms with Gasteiger partial charge in [-0.3, -0.25) is 4.79 Å². The molecular formula is C12H15F3N2O2. The Hall–Kier alpha value is -1.60. The lowest BCUT2D eigenvalue weighted by molar-refractivity contribution is -0.137. The molecule has 3 N–H and O–H groups in total. The molecule has 0 bridgehead atoms. The molecule has 1 atom stereocenters. The van der Waals surface area contributed by atoms with Crippen molar-refractivity contribution in [3.63, 3.8) is 0 Å². The van der Waals surface area contributed by atoms with Gasteiger partial charge in [-0.05, 0) is 24.3 Å². The molecule has 0 aromatic heterocycles. The fourth-order valence-corrected chi connectivity index (χ4v) is 1.42. The fraction of sp³-hybridized carbons (Fsp3) is 0.417. The third-order valence-corrected chi connectivity index (χ3v) is 2.51. The third kappa shape index (κ3) is 4.88. The van der Waals surface area contributed by atoms with E-state index in [1.54, 1.807) is 0 Å². The summed E-state index contributed by atoms with van der Waals surface area (Å²) in [6, 6.07) is 4.22. The van der Waals surface area contributed by atoms with Gasteiger partial charge in [0.05, 0.1) is 18.1 Å². The van der Waals surface area contributed by atoms with Crippen LogP contribution >= 0.6 is 0 Å². The van der Waals surface area contributed by atoms with Crippen LogP contribution in [0.3, 0.4) is 0 Å². The van der Waals surface area contributed by atoms with Crippen molar-refractivity contribution >= 4 is 11.6 Å². The maximum absolute atomic E-state index is 12.3. The highest BCUT2D eigenvalue weighted by Gasteiger charge is 2.29. The van der Waals surface area contributed by atoms with Crippen LogP contribution in [0.25, 0.3) is 0 Å². The van der Waals surface area contributed by atoms with Crippen molar-refractivity contribution in [1.29, 1.82) is 0 Å². The molecule has 0 aliphatic carbocycles. The van der Waals surface area contributed by atoms with E-state index in [0.717, 1.165) is 12.1 Å². The first-order valence-corrected chi connectivity index (χ1v) is 5.56. The van der Waals surface area contributed by atoms with E-state index in [0.29, 0.717) is 5.69 Å². The average molecular weight is 276 g/mol. The zero-order valence-electron chi connectivity index (χ0n) is 10.3. The Bertz CT molecular complexity index is 414. The van der Waals surface area contributed by atoms with Gasteiger partial charge in [-0.25, -0.2) is 0 Å². The number of amides is 1. The van der Waals surface area contributed by atoms with Gasteiger partial charge in [-0.2, -0.15) is 13.2 Å². The lowest BCUT2D eigenvalue weighted by atomic mass is 10.2. The molecule has 0 saturated carbocycles. The summed E-state index contributed by atoms with van der Waals surface area (Å²) in [7, 11) is 1.43.